The zero-order valence-corrected chi connectivity index (χ0v) is 15.7. The summed E-state index contributed by atoms with van der Waals surface area (Å²) in [6.07, 6.45) is 12.4. The second-order valence-corrected chi connectivity index (χ2v) is 7.39. The molecule has 0 saturated heterocycles. The fraction of sp³-hybridized carbons (Fsp3) is 0.682. The van der Waals surface area contributed by atoms with Gasteiger partial charge in [-0.25, -0.2) is 4.79 Å². The Kier molecular flexibility index (Phi) is 9.03. The lowest BCUT2D eigenvalue weighted by molar-refractivity contribution is -0.161. The number of ether oxygens (including phenoxy) is 1. The SMILES string of the molecule is CCCCCCCCCC1CCCC1OC(=O)C(O)c1ccccc1. The van der Waals surface area contributed by atoms with Crippen molar-refractivity contribution in [3.63, 3.8) is 0 Å². The minimum absolute atomic E-state index is 0.00838. The Hall–Kier alpha value is -1.35. The van der Waals surface area contributed by atoms with Crippen LogP contribution in [0.15, 0.2) is 30.3 Å². The van der Waals surface area contributed by atoms with Crippen molar-refractivity contribution in [1.29, 1.82) is 0 Å². The lowest BCUT2D eigenvalue weighted by Gasteiger charge is -2.22. The highest BCUT2D eigenvalue weighted by atomic mass is 16.6. The molecule has 1 aliphatic rings. The molecule has 3 heteroatoms. The maximum absolute atomic E-state index is 12.2. The van der Waals surface area contributed by atoms with Gasteiger partial charge in [-0.15, -0.1) is 0 Å². The molecule has 2 rings (SSSR count). The van der Waals surface area contributed by atoms with E-state index >= 15 is 0 Å². The first-order valence-electron chi connectivity index (χ1n) is 10.2. The number of hydrogen-bond donors (Lipinski definition) is 1. The summed E-state index contributed by atoms with van der Waals surface area (Å²) in [5.41, 5.74) is 0.606. The summed E-state index contributed by atoms with van der Waals surface area (Å²) in [5, 5.41) is 10.2. The van der Waals surface area contributed by atoms with Crippen molar-refractivity contribution in [3.8, 4) is 0 Å². The minimum Gasteiger partial charge on any atom is -0.460 e. The molecule has 1 aromatic rings. The molecule has 0 spiro atoms. The third-order valence-corrected chi connectivity index (χ3v) is 5.37. The number of aliphatic hydroxyl groups is 1. The van der Waals surface area contributed by atoms with Crippen LogP contribution in [0.2, 0.25) is 0 Å². The van der Waals surface area contributed by atoms with Gasteiger partial charge in [-0.3, -0.25) is 0 Å². The van der Waals surface area contributed by atoms with Crippen molar-refractivity contribution in [1.82, 2.24) is 0 Å². The maximum atomic E-state index is 12.2. The van der Waals surface area contributed by atoms with Crippen molar-refractivity contribution >= 4 is 5.97 Å². The van der Waals surface area contributed by atoms with Crippen LogP contribution in [0.25, 0.3) is 0 Å². The molecule has 3 unspecified atom stereocenters. The summed E-state index contributed by atoms with van der Waals surface area (Å²) in [6, 6.07) is 9.04. The summed E-state index contributed by atoms with van der Waals surface area (Å²) in [4.78, 5) is 12.2. The van der Waals surface area contributed by atoms with Crippen LogP contribution in [0.1, 0.15) is 89.2 Å². The Balaban J connectivity index is 1.69. The standard InChI is InChI=1S/C22H34O3/c1-2-3-4-5-6-7-9-13-18-16-12-17-20(18)25-22(24)21(23)19-14-10-8-11-15-19/h8,10-11,14-15,18,20-21,23H,2-7,9,12-13,16-17H2,1H3. The molecular formula is C22H34O3. The Labute approximate surface area is 152 Å². The van der Waals surface area contributed by atoms with Gasteiger partial charge >= 0.3 is 5.97 Å². The molecule has 0 aromatic heterocycles. The maximum Gasteiger partial charge on any atom is 0.339 e. The first-order chi connectivity index (χ1) is 12.2. The molecule has 1 aromatic carbocycles. The summed E-state index contributed by atoms with van der Waals surface area (Å²) in [6.45, 7) is 2.25. The molecule has 25 heavy (non-hydrogen) atoms. The number of aliphatic hydroxyl groups excluding tert-OH is 1. The van der Waals surface area contributed by atoms with Gasteiger partial charge in [0.1, 0.15) is 6.10 Å². The van der Waals surface area contributed by atoms with Crippen LogP contribution in [-0.4, -0.2) is 17.2 Å². The van der Waals surface area contributed by atoms with Crippen LogP contribution >= 0.6 is 0 Å². The summed E-state index contributed by atoms with van der Waals surface area (Å²) in [5.74, 6) is -0.0229. The van der Waals surface area contributed by atoms with E-state index < -0.39 is 12.1 Å². The van der Waals surface area contributed by atoms with E-state index in [4.69, 9.17) is 4.74 Å². The lowest BCUT2D eigenvalue weighted by Crippen LogP contribution is -2.26. The Bertz CT molecular complexity index is 485. The number of benzene rings is 1. The molecule has 0 amide bonds. The second-order valence-electron chi connectivity index (χ2n) is 7.39. The third kappa shape index (κ3) is 6.81. The van der Waals surface area contributed by atoms with E-state index in [0.717, 1.165) is 25.7 Å². The van der Waals surface area contributed by atoms with Crippen molar-refractivity contribution in [2.45, 2.75) is 89.8 Å². The van der Waals surface area contributed by atoms with Gasteiger partial charge in [-0.05, 0) is 37.2 Å². The molecule has 3 nitrogen and oxygen atoms in total. The van der Waals surface area contributed by atoms with Crippen LogP contribution in [0, 0.1) is 5.92 Å². The molecule has 1 fully saturated rings. The lowest BCUT2D eigenvalue weighted by atomic mass is 9.97. The number of unbranched alkanes of at least 4 members (excludes halogenated alkanes) is 6. The van der Waals surface area contributed by atoms with Crippen molar-refractivity contribution in [2.75, 3.05) is 0 Å². The second kappa shape index (κ2) is 11.3. The first kappa shape index (κ1) is 20.0. The van der Waals surface area contributed by atoms with Gasteiger partial charge in [0, 0.05) is 0 Å². The molecule has 3 atom stereocenters. The van der Waals surface area contributed by atoms with Gasteiger partial charge in [-0.1, -0.05) is 82.2 Å². The Morgan fingerprint density at radius 3 is 2.48 bits per heavy atom. The zero-order valence-electron chi connectivity index (χ0n) is 15.7. The zero-order chi connectivity index (χ0) is 17.9. The number of rotatable bonds is 11. The van der Waals surface area contributed by atoms with E-state index in [1.165, 1.54) is 44.9 Å². The fourth-order valence-corrected chi connectivity index (χ4v) is 3.84. The van der Waals surface area contributed by atoms with Crippen LogP contribution in [-0.2, 0) is 9.53 Å². The summed E-state index contributed by atoms with van der Waals surface area (Å²) in [7, 11) is 0. The van der Waals surface area contributed by atoms with E-state index in [0.29, 0.717) is 11.5 Å². The predicted molar refractivity (Wildman–Crippen MR) is 101 cm³/mol. The van der Waals surface area contributed by atoms with E-state index in [2.05, 4.69) is 6.92 Å². The van der Waals surface area contributed by atoms with E-state index in [-0.39, 0.29) is 6.10 Å². The number of carbonyl (C=O) groups is 1. The van der Waals surface area contributed by atoms with Gasteiger partial charge in [0.15, 0.2) is 6.10 Å². The highest BCUT2D eigenvalue weighted by molar-refractivity contribution is 5.76. The largest absolute Gasteiger partial charge is 0.460 e. The normalized spacial score (nSPS) is 21.2. The van der Waals surface area contributed by atoms with Gasteiger partial charge in [0.05, 0.1) is 0 Å². The molecule has 0 aliphatic heterocycles. The van der Waals surface area contributed by atoms with Gasteiger partial charge in [0.25, 0.3) is 0 Å². The molecule has 1 N–H and O–H groups in total. The fourth-order valence-electron chi connectivity index (χ4n) is 3.84. The van der Waals surface area contributed by atoms with E-state index in [1.54, 1.807) is 12.1 Å². The quantitative estimate of drug-likeness (QED) is 0.421. The molecule has 0 bridgehead atoms. The number of hydrogen-bond acceptors (Lipinski definition) is 3. The number of esters is 1. The average molecular weight is 347 g/mol. The average Bonchev–Trinajstić information content (AvgIpc) is 3.08. The molecular weight excluding hydrogens is 312 g/mol. The minimum atomic E-state index is -1.17. The molecule has 140 valence electrons. The predicted octanol–water partition coefficient (Wildman–Crippen LogP) is 5.57. The Morgan fingerprint density at radius 2 is 1.76 bits per heavy atom. The van der Waals surface area contributed by atoms with Crippen molar-refractivity contribution in [2.24, 2.45) is 5.92 Å². The van der Waals surface area contributed by atoms with Crippen LogP contribution < -0.4 is 0 Å². The van der Waals surface area contributed by atoms with Crippen molar-refractivity contribution in [3.05, 3.63) is 35.9 Å². The van der Waals surface area contributed by atoms with Crippen molar-refractivity contribution < 1.29 is 14.6 Å². The number of carbonyl (C=O) groups excluding carboxylic acids is 1. The van der Waals surface area contributed by atoms with Gasteiger partial charge in [0.2, 0.25) is 0 Å². The highest BCUT2D eigenvalue weighted by Gasteiger charge is 2.32. The van der Waals surface area contributed by atoms with Crippen LogP contribution in [0.4, 0.5) is 0 Å². The van der Waals surface area contributed by atoms with Crippen LogP contribution in [0.3, 0.4) is 0 Å². The smallest absolute Gasteiger partial charge is 0.339 e. The topological polar surface area (TPSA) is 46.5 Å². The molecule has 0 radical (unpaired) electrons. The molecule has 0 heterocycles. The Morgan fingerprint density at radius 1 is 1.08 bits per heavy atom. The highest BCUT2D eigenvalue weighted by Crippen LogP contribution is 2.33. The molecule has 1 aliphatic carbocycles. The molecule has 1 saturated carbocycles. The van der Waals surface area contributed by atoms with E-state index in [1.807, 2.05) is 18.2 Å². The van der Waals surface area contributed by atoms with Crippen LogP contribution in [0.5, 0.6) is 0 Å². The van der Waals surface area contributed by atoms with E-state index in [9.17, 15) is 9.90 Å². The first-order valence-corrected chi connectivity index (χ1v) is 10.2. The monoisotopic (exact) mass is 346 g/mol. The summed E-state index contributed by atoms with van der Waals surface area (Å²) >= 11 is 0. The van der Waals surface area contributed by atoms with Gasteiger partial charge < -0.3 is 9.84 Å². The summed E-state index contributed by atoms with van der Waals surface area (Å²) < 4.78 is 5.66. The van der Waals surface area contributed by atoms with Gasteiger partial charge in [-0.2, -0.15) is 0 Å². The third-order valence-electron chi connectivity index (χ3n) is 5.37.